The molecule has 2 amide bonds. The van der Waals surface area contributed by atoms with E-state index in [0.29, 0.717) is 21.7 Å². The molecular weight excluding hydrogens is 327 g/mol. The SMILES string of the molecule is Cc1cc(C)c(CNC(=O)[C@@H]2CC(=O)N(CC(F)(F)F)C2)c(=O)[nH]1. The lowest BCUT2D eigenvalue weighted by Crippen LogP contribution is -2.37. The van der Waals surface area contributed by atoms with Gasteiger partial charge in [-0.05, 0) is 25.5 Å². The van der Waals surface area contributed by atoms with Crippen molar-refractivity contribution in [2.24, 2.45) is 5.92 Å². The molecule has 1 aromatic rings. The highest BCUT2D eigenvalue weighted by Gasteiger charge is 2.40. The molecule has 0 spiro atoms. The number of rotatable bonds is 4. The van der Waals surface area contributed by atoms with E-state index >= 15 is 0 Å². The lowest BCUT2D eigenvalue weighted by Gasteiger charge is -2.18. The fraction of sp³-hybridized carbons (Fsp3) is 0.533. The van der Waals surface area contributed by atoms with Crippen molar-refractivity contribution in [3.8, 4) is 0 Å². The van der Waals surface area contributed by atoms with Crippen LogP contribution >= 0.6 is 0 Å². The maximum atomic E-state index is 12.4. The van der Waals surface area contributed by atoms with Crippen LogP contribution in [0.5, 0.6) is 0 Å². The van der Waals surface area contributed by atoms with E-state index in [4.69, 9.17) is 0 Å². The highest BCUT2D eigenvalue weighted by Crippen LogP contribution is 2.24. The number of alkyl halides is 3. The van der Waals surface area contributed by atoms with Gasteiger partial charge in [-0.2, -0.15) is 13.2 Å². The number of hydrogen-bond donors (Lipinski definition) is 2. The summed E-state index contributed by atoms with van der Waals surface area (Å²) < 4.78 is 37.1. The molecule has 2 rings (SSSR count). The van der Waals surface area contributed by atoms with Crippen LogP contribution in [0.15, 0.2) is 10.9 Å². The van der Waals surface area contributed by atoms with Gasteiger partial charge in [0.25, 0.3) is 5.56 Å². The van der Waals surface area contributed by atoms with E-state index in [1.807, 2.05) is 0 Å². The molecular formula is C15H18F3N3O3. The summed E-state index contributed by atoms with van der Waals surface area (Å²) in [6.45, 7) is 1.80. The van der Waals surface area contributed by atoms with Crippen molar-refractivity contribution in [3.05, 3.63) is 33.2 Å². The number of amides is 2. The molecule has 24 heavy (non-hydrogen) atoms. The molecule has 1 aliphatic rings. The van der Waals surface area contributed by atoms with Crippen LogP contribution in [0, 0.1) is 19.8 Å². The van der Waals surface area contributed by atoms with Crippen molar-refractivity contribution in [1.82, 2.24) is 15.2 Å². The quantitative estimate of drug-likeness (QED) is 0.855. The van der Waals surface area contributed by atoms with E-state index in [9.17, 15) is 27.6 Å². The van der Waals surface area contributed by atoms with Crippen LogP contribution in [-0.2, 0) is 16.1 Å². The van der Waals surface area contributed by atoms with Gasteiger partial charge >= 0.3 is 6.18 Å². The molecule has 0 unspecified atom stereocenters. The topological polar surface area (TPSA) is 82.3 Å². The van der Waals surface area contributed by atoms with Gasteiger partial charge in [-0.1, -0.05) is 0 Å². The molecule has 0 aromatic carbocycles. The molecule has 1 saturated heterocycles. The second-order valence-corrected chi connectivity index (χ2v) is 5.95. The molecule has 132 valence electrons. The molecule has 1 atom stereocenters. The van der Waals surface area contributed by atoms with Gasteiger partial charge in [0.05, 0.1) is 5.92 Å². The second-order valence-electron chi connectivity index (χ2n) is 5.95. The van der Waals surface area contributed by atoms with E-state index < -0.39 is 30.5 Å². The van der Waals surface area contributed by atoms with Gasteiger partial charge in [0, 0.05) is 30.8 Å². The minimum Gasteiger partial charge on any atom is -0.351 e. The van der Waals surface area contributed by atoms with E-state index in [1.54, 1.807) is 19.9 Å². The highest BCUT2D eigenvalue weighted by atomic mass is 19.4. The number of halogens is 3. The number of aryl methyl sites for hydroxylation is 2. The number of aromatic amines is 1. The predicted molar refractivity (Wildman–Crippen MR) is 79.1 cm³/mol. The minimum atomic E-state index is -4.49. The number of likely N-dealkylation sites (tertiary alicyclic amines) is 1. The monoisotopic (exact) mass is 345 g/mol. The number of H-pyrrole nitrogens is 1. The first kappa shape index (κ1) is 18.0. The normalized spacial score (nSPS) is 18.1. The molecule has 9 heteroatoms. The summed E-state index contributed by atoms with van der Waals surface area (Å²) in [6.07, 6.45) is -4.75. The van der Waals surface area contributed by atoms with Crippen LogP contribution in [0.2, 0.25) is 0 Å². The third-order valence-electron chi connectivity index (χ3n) is 3.89. The van der Waals surface area contributed by atoms with Crippen LogP contribution in [0.1, 0.15) is 23.2 Å². The van der Waals surface area contributed by atoms with Crippen LogP contribution in [-0.4, -0.2) is 41.0 Å². The molecule has 1 aromatic heterocycles. The Morgan fingerprint density at radius 3 is 2.62 bits per heavy atom. The van der Waals surface area contributed by atoms with E-state index in [2.05, 4.69) is 10.3 Å². The Bertz CT molecular complexity index is 712. The molecule has 0 radical (unpaired) electrons. The Kier molecular flexibility index (Phi) is 5.00. The Labute approximate surface area is 136 Å². The van der Waals surface area contributed by atoms with Crippen molar-refractivity contribution >= 4 is 11.8 Å². The smallest absolute Gasteiger partial charge is 0.351 e. The van der Waals surface area contributed by atoms with Crippen molar-refractivity contribution in [2.45, 2.75) is 33.0 Å². The molecule has 0 aliphatic carbocycles. The predicted octanol–water partition coefficient (Wildman–Crippen LogP) is 1.02. The summed E-state index contributed by atoms with van der Waals surface area (Å²) in [5.74, 6) is -2.08. The molecule has 2 N–H and O–H groups in total. The maximum absolute atomic E-state index is 12.4. The van der Waals surface area contributed by atoms with Crippen molar-refractivity contribution in [3.63, 3.8) is 0 Å². The molecule has 0 saturated carbocycles. The zero-order valence-corrected chi connectivity index (χ0v) is 13.3. The number of carbonyl (C=O) groups excluding carboxylic acids is 2. The van der Waals surface area contributed by atoms with Gasteiger partial charge in [0.1, 0.15) is 6.54 Å². The molecule has 1 aliphatic heterocycles. The number of nitrogens with zero attached hydrogens (tertiary/aromatic N) is 1. The van der Waals surface area contributed by atoms with Gasteiger partial charge in [-0.3, -0.25) is 14.4 Å². The summed E-state index contributed by atoms with van der Waals surface area (Å²) in [7, 11) is 0. The highest BCUT2D eigenvalue weighted by molar-refractivity contribution is 5.89. The van der Waals surface area contributed by atoms with Crippen molar-refractivity contribution < 1.29 is 22.8 Å². The molecule has 1 fully saturated rings. The van der Waals surface area contributed by atoms with Crippen LogP contribution in [0.4, 0.5) is 13.2 Å². The largest absolute Gasteiger partial charge is 0.406 e. The van der Waals surface area contributed by atoms with E-state index in [-0.39, 0.29) is 25.1 Å². The minimum absolute atomic E-state index is 0.0375. The first-order chi connectivity index (χ1) is 11.1. The fourth-order valence-corrected chi connectivity index (χ4v) is 2.74. The lowest BCUT2D eigenvalue weighted by atomic mass is 10.1. The van der Waals surface area contributed by atoms with Gasteiger partial charge in [-0.25, -0.2) is 0 Å². The first-order valence-corrected chi connectivity index (χ1v) is 7.38. The number of carbonyl (C=O) groups is 2. The molecule has 2 heterocycles. The standard InChI is InChI=1S/C15H18F3N3O3/c1-8-3-9(2)20-14(24)11(8)5-19-13(23)10-4-12(22)21(6-10)7-15(16,17)18/h3,10H,4-7H2,1-2H3,(H,19,23)(H,20,24)/t10-/m1/s1. The third kappa shape index (κ3) is 4.36. The Morgan fingerprint density at radius 2 is 2.04 bits per heavy atom. The lowest BCUT2D eigenvalue weighted by molar-refractivity contribution is -0.157. The van der Waals surface area contributed by atoms with Crippen LogP contribution in [0.25, 0.3) is 0 Å². The third-order valence-corrected chi connectivity index (χ3v) is 3.89. The average Bonchev–Trinajstić information content (AvgIpc) is 2.76. The molecule has 0 bridgehead atoms. The van der Waals surface area contributed by atoms with Gasteiger partial charge in [0.15, 0.2) is 0 Å². The van der Waals surface area contributed by atoms with Crippen LogP contribution < -0.4 is 10.9 Å². The average molecular weight is 345 g/mol. The maximum Gasteiger partial charge on any atom is 0.406 e. The van der Waals surface area contributed by atoms with Gasteiger partial charge in [-0.15, -0.1) is 0 Å². The number of aromatic nitrogens is 1. The molecule has 6 nitrogen and oxygen atoms in total. The Hall–Kier alpha value is -2.32. The zero-order valence-electron chi connectivity index (χ0n) is 13.3. The van der Waals surface area contributed by atoms with Crippen LogP contribution in [0.3, 0.4) is 0 Å². The van der Waals surface area contributed by atoms with Crippen molar-refractivity contribution in [1.29, 1.82) is 0 Å². The van der Waals surface area contributed by atoms with Gasteiger partial charge < -0.3 is 15.2 Å². The van der Waals surface area contributed by atoms with E-state index in [1.165, 1.54) is 0 Å². The second kappa shape index (κ2) is 6.66. The number of nitrogens with one attached hydrogen (secondary N) is 2. The van der Waals surface area contributed by atoms with Crippen molar-refractivity contribution in [2.75, 3.05) is 13.1 Å². The summed E-state index contributed by atoms with van der Waals surface area (Å²) in [5.41, 5.74) is 1.45. The number of hydrogen-bond acceptors (Lipinski definition) is 3. The first-order valence-electron chi connectivity index (χ1n) is 7.38. The summed E-state index contributed by atoms with van der Waals surface area (Å²) in [5, 5.41) is 2.53. The summed E-state index contributed by atoms with van der Waals surface area (Å²) >= 11 is 0. The summed E-state index contributed by atoms with van der Waals surface area (Å²) in [4.78, 5) is 38.8. The van der Waals surface area contributed by atoms with Gasteiger partial charge in [0.2, 0.25) is 11.8 Å². The Balaban J connectivity index is 1.97. The Morgan fingerprint density at radius 1 is 1.38 bits per heavy atom. The van der Waals surface area contributed by atoms with E-state index in [0.717, 1.165) is 0 Å². The summed E-state index contributed by atoms with van der Waals surface area (Å²) in [6, 6.07) is 1.76. The fourth-order valence-electron chi connectivity index (χ4n) is 2.74. The zero-order chi connectivity index (χ0) is 18.1. The number of pyridine rings is 1.